The monoisotopic (exact) mass is 257 g/mol. The zero-order valence-corrected chi connectivity index (χ0v) is 12.2. The van der Waals surface area contributed by atoms with Crippen LogP contribution in [0.4, 0.5) is 0 Å². The van der Waals surface area contributed by atoms with Gasteiger partial charge in [0.1, 0.15) is 0 Å². The van der Waals surface area contributed by atoms with Crippen LogP contribution >= 0.6 is 0 Å². The van der Waals surface area contributed by atoms with Gasteiger partial charge in [-0.2, -0.15) is 0 Å². The van der Waals surface area contributed by atoms with Crippen LogP contribution in [-0.4, -0.2) is 6.04 Å². The Hall–Kier alpha value is -0.820. The molecule has 0 bridgehead atoms. The fourth-order valence-corrected chi connectivity index (χ4v) is 4.06. The van der Waals surface area contributed by atoms with Crippen LogP contribution < -0.4 is 5.73 Å². The summed E-state index contributed by atoms with van der Waals surface area (Å²) >= 11 is 0. The predicted molar refractivity (Wildman–Crippen MR) is 81.3 cm³/mol. The van der Waals surface area contributed by atoms with Crippen molar-refractivity contribution in [3.8, 4) is 0 Å². The second kappa shape index (κ2) is 5.66. The highest BCUT2D eigenvalue weighted by molar-refractivity contribution is 5.35. The molecular formula is C18H27N. The molecule has 104 valence electrons. The van der Waals surface area contributed by atoms with Crippen molar-refractivity contribution >= 4 is 0 Å². The summed E-state index contributed by atoms with van der Waals surface area (Å²) in [5.41, 5.74) is 11.1. The van der Waals surface area contributed by atoms with E-state index in [1.165, 1.54) is 50.5 Å². The Kier molecular flexibility index (Phi) is 3.93. The molecule has 0 aliphatic heterocycles. The molecule has 0 amide bonds. The van der Waals surface area contributed by atoms with E-state index in [9.17, 15) is 0 Å². The quantitative estimate of drug-likeness (QED) is 0.870. The number of benzene rings is 1. The minimum Gasteiger partial charge on any atom is -0.327 e. The van der Waals surface area contributed by atoms with Gasteiger partial charge in [0.15, 0.2) is 0 Å². The maximum absolute atomic E-state index is 6.47. The smallest absolute Gasteiger partial charge is 0.0108 e. The molecule has 1 aromatic carbocycles. The molecule has 0 spiro atoms. The first kappa shape index (κ1) is 13.2. The van der Waals surface area contributed by atoms with Gasteiger partial charge in [-0.05, 0) is 67.1 Å². The standard InChI is InChI=1S/C18H27N/c1-2-13-6-9-17(10-13)18(19)12-14-7-8-15-4-3-5-16(15)11-14/h7-8,11,13,17-18H,2-6,9-10,12,19H2,1H3. The maximum atomic E-state index is 6.47. The topological polar surface area (TPSA) is 26.0 Å². The highest BCUT2D eigenvalue weighted by Gasteiger charge is 2.28. The van der Waals surface area contributed by atoms with Crippen molar-refractivity contribution in [3.05, 3.63) is 34.9 Å². The van der Waals surface area contributed by atoms with E-state index in [0.29, 0.717) is 6.04 Å². The lowest BCUT2D eigenvalue weighted by atomic mass is 9.91. The van der Waals surface area contributed by atoms with Crippen LogP contribution in [0.5, 0.6) is 0 Å². The van der Waals surface area contributed by atoms with Gasteiger partial charge >= 0.3 is 0 Å². The van der Waals surface area contributed by atoms with Gasteiger partial charge in [0.25, 0.3) is 0 Å². The highest BCUT2D eigenvalue weighted by atomic mass is 14.7. The molecule has 1 aromatic rings. The Morgan fingerprint density at radius 3 is 2.84 bits per heavy atom. The first-order chi connectivity index (χ1) is 9.26. The van der Waals surface area contributed by atoms with Crippen LogP contribution in [0.15, 0.2) is 18.2 Å². The van der Waals surface area contributed by atoms with Crippen LogP contribution in [-0.2, 0) is 19.3 Å². The summed E-state index contributed by atoms with van der Waals surface area (Å²) in [6, 6.07) is 7.45. The van der Waals surface area contributed by atoms with Crippen LogP contribution in [0.1, 0.15) is 55.7 Å². The molecule has 19 heavy (non-hydrogen) atoms. The molecule has 3 atom stereocenters. The SMILES string of the molecule is CCC1CCC(C(N)Cc2ccc3c(c2)CCC3)C1. The molecule has 1 nitrogen and oxygen atoms in total. The lowest BCUT2D eigenvalue weighted by Crippen LogP contribution is -2.31. The van der Waals surface area contributed by atoms with E-state index in [0.717, 1.165) is 18.3 Å². The molecule has 3 rings (SSSR count). The Bertz CT molecular complexity index is 437. The van der Waals surface area contributed by atoms with Gasteiger partial charge in [0.2, 0.25) is 0 Å². The summed E-state index contributed by atoms with van der Waals surface area (Å²) in [6.07, 6.45) is 10.4. The molecule has 0 aromatic heterocycles. The first-order valence-electron chi connectivity index (χ1n) is 8.12. The van der Waals surface area contributed by atoms with E-state index in [4.69, 9.17) is 5.73 Å². The van der Waals surface area contributed by atoms with Gasteiger partial charge in [-0.25, -0.2) is 0 Å². The number of hydrogen-bond acceptors (Lipinski definition) is 1. The van der Waals surface area contributed by atoms with E-state index >= 15 is 0 Å². The third kappa shape index (κ3) is 2.86. The lowest BCUT2D eigenvalue weighted by Gasteiger charge is -2.20. The number of nitrogens with two attached hydrogens (primary N) is 1. The van der Waals surface area contributed by atoms with Gasteiger partial charge in [0.05, 0.1) is 0 Å². The maximum Gasteiger partial charge on any atom is 0.0108 e. The van der Waals surface area contributed by atoms with Crippen molar-refractivity contribution in [2.75, 3.05) is 0 Å². The minimum absolute atomic E-state index is 0.371. The normalized spacial score (nSPS) is 27.5. The number of hydrogen-bond donors (Lipinski definition) is 1. The molecule has 1 saturated carbocycles. The second-order valence-electron chi connectivity index (χ2n) is 6.67. The summed E-state index contributed by atoms with van der Waals surface area (Å²) in [6.45, 7) is 2.32. The summed E-state index contributed by atoms with van der Waals surface area (Å²) in [5, 5.41) is 0. The Labute approximate surface area is 117 Å². The third-order valence-electron chi connectivity index (χ3n) is 5.40. The second-order valence-corrected chi connectivity index (χ2v) is 6.67. The Morgan fingerprint density at radius 1 is 1.21 bits per heavy atom. The third-order valence-corrected chi connectivity index (χ3v) is 5.40. The molecule has 3 unspecified atom stereocenters. The Morgan fingerprint density at radius 2 is 2.05 bits per heavy atom. The van der Waals surface area contributed by atoms with Crippen molar-refractivity contribution in [2.24, 2.45) is 17.6 Å². The molecule has 0 radical (unpaired) electrons. The predicted octanol–water partition coefficient (Wildman–Crippen LogP) is 3.87. The van der Waals surface area contributed by atoms with Gasteiger partial charge in [-0.15, -0.1) is 0 Å². The number of fused-ring (bicyclic) bond motifs is 1. The first-order valence-corrected chi connectivity index (χ1v) is 8.12. The summed E-state index contributed by atoms with van der Waals surface area (Å²) in [4.78, 5) is 0. The van der Waals surface area contributed by atoms with Crippen LogP contribution in [0, 0.1) is 11.8 Å². The molecule has 0 heterocycles. The summed E-state index contributed by atoms with van der Waals surface area (Å²) < 4.78 is 0. The average molecular weight is 257 g/mol. The molecule has 0 saturated heterocycles. The van der Waals surface area contributed by atoms with Crippen LogP contribution in [0.2, 0.25) is 0 Å². The average Bonchev–Trinajstić information content (AvgIpc) is 3.06. The van der Waals surface area contributed by atoms with Crippen molar-refractivity contribution in [3.63, 3.8) is 0 Å². The van der Waals surface area contributed by atoms with Gasteiger partial charge in [-0.1, -0.05) is 38.0 Å². The molecule has 1 fully saturated rings. The zero-order valence-electron chi connectivity index (χ0n) is 12.2. The van der Waals surface area contributed by atoms with Crippen molar-refractivity contribution < 1.29 is 0 Å². The van der Waals surface area contributed by atoms with E-state index in [1.807, 2.05) is 0 Å². The van der Waals surface area contributed by atoms with Crippen LogP contribution in [0.3, 0.4) is 0 Å². The fourth-order valence-electron chi connectivity index (χ4n) is 4.06. The van der Waals surface area contributed by atoms with Crippen molar-refractivity contribution in [1.82, 2.24) is 0 Å². The minimum atomic E-state index is 0.371. The molecule has 2 aliphatic rings. The number of aryl methyl sites for hydroxylation is 2. The van der Waals surface area contributed by atoms with E-state index in [1.54, 1.807) is 11.1 Å². The highest BCUT2D eigenvalue weighted by Crippen LogP contribution is 2.35. The lowest BCUT2D eigenvalue weighted by molar-refractivity contribution is 0.405. The van der Waals surface area contributed by atoms with E-state index < -0.39 is 0 Å². The van der Waals surface area contributed by atoms with E-state index in [2.05, 4.69) is 25.1 Å². The van der Waals surface area contributed by atoms with Gasteiger partial charge in [0, 0.05) is 6.04 Å². The summed E-state index contributed by atoms with van der Waals surface area (Å²) in [5.74, 6) is 1.70. The molecule has 2 N–H and O–H groups in total. The summed E-state index contributed by atoms with van der Waals surface area (Å²) in [7, 11) is 0. The fraction of sp³-hybridized carbons (Fsp3) is 0.667. The van der Waals surface area contributed by atoms with Crippen molar-refractivity contribution in [2.45, 2.75) is 64.3 Å². The number of rotatable bonds is 4. The van der Waals surface area contributed by atoms with E-state index in [-0.39, 0.29) is 0 Å². The van der Waals surface area contributed by atoms with Gasteiger partial charge < -0.3 is 5.73 Å². The molecular weight excluding hydrogens is 230 g/mol. The van der Waals surface area contributed by atoms with Gasteiger partial charge in [-0.3, -0.25) is 0 Å². The molecule has 2 aliphatic carbocycles. The van der Waals surface area contributed by atoms with Crippen molar-refractivity contribution in [1.29, 1.82) is 0 Å². The zero-order chi connectivity index (χ0) is 13.2. The molecule has 1 heteroatoms. The Balaban J connectivity index is 1.62. The largest absolute Gasteiger partial charge is 0.327 e. The van der Waals surface area contributed by atoms with Crippen LogP contribution in [0.25, 0.3) is 0 Å².